The highest BCUT2D eigenvalue weighted by molar-refractivity contribution is 14.0. The lowest BCUT2D eigenvalue weighted by Gasteiger charge is -2.18. The molecule has 2 aromatic rings. The van der Waals surface area contributed by atoms with Crippen LogP contribution in [0.15, 0.2) is 53.5 Å². The summed E-state index contributed by atoms with van der Waals surface area (Å²) in [5.41, 5.74) is 1.52. The Morgan fingerprint density at radius 3 is 2.55 bits per heavy atom. The van der Waals surface area contributed by atoms with Crippen LogP contribution >= 0.6 is 35.6 Å². The molecule has 0 heterocycles. The highest BCUT2D eigenvalue weighted by Gasteiger charge is 2.12. The molecule has 0 aromatic heterocycles. The third kappa shape index (κ3) is 9.69. The summed E-state index contributed by atoms with van der Waals surface area (Å²) in [6, 6.07) is 14.1. The molecule has 0 saturated carbocycles. The molecule has 0 aliphatic heterocycles. The molecule has 0 saturated heterocycles. The summed E-state index contributed by atoms with van der Waals surface area (Å²) in [7, 11) is 3.33. The van der Waals surface area contributed by atoms with Crippen LogP contribution in [0.25, 0.3) is 0 Å². The first-order valence-electron chi connectivity index (χ1n) is 9.34. The predicted octanol–water partition coefficient (Wildman–Crippen LogP) is 4.27. The van der Waals surface area contributed by atoms with E-state index in [2.05, 4.69) is 20.4 Å². The SMILES string of the molecule is CN=C(NCCC(=O)N(C)Cc1ccccc1)NCc1cc(Cl)ccc1OC(F)F.I. The number of nitrogens with zero attached hydrogens (tertiary/aromatic N) is 2. The van der Waals surface area contributed by atoms with E-state index in [0.29, 0.717) is 29.6 Å². The molecule has 0 spiro atoms. The zero-order valence-corrected chi connectivity index (χ0v) is 20.4. The summed E-state index contributed by atoms with van der Waals surface area (Å²) >= 11 is 5.95. The van der Waals surface area contributed by atoms with Gasteiger partial charge < -0.3 is 20.3 Å². The van der Waals surface area contributed by atoms with Crippen molar-refractivity contribution in [2.45, 2.75) is 26.1 Å². The number of halogens is 4. The minimum Gasteiger partial charge on any atom is -0.434 e. The number of aliphatic imine (C=N–C) groups is 1. The van der Waals surface area contributed by atoms with Crippen LogP contribution in [0.5, 0.6) is 5.75 Å². The van der Waals surface area contributed by atoms with Gasteiger partial charge in [0.2, 0.25) is 5.91 Å². The number of amides is 1. The second kappa shape index (κ2) is 14.0. The number of ether oxygens (including phenoxy) is 1. The van der Waals surface area contributed by atoms with Crippen LogP contribution in [-0.2, 0) is 17.9 Å². The Kier molecular flexibility index (Phi) is 12.2. The number of carbonyl (C=O) groups is 1. The maximum absolute atomic E-state index is 12.6. The summed E-state index contributed by atoms with van der Waals surface area (Å²) < 4.78 is 29.6. The third-order valence-electron chi connectivity index (χ3n) is 4.23. The Labute approximate surface area is 203 Å². The van der Waals surface area contributed by atoms with Gasteiger partial charge in [0.1, 0.15) is 5.75 Å². The molecule has 0 atom stereocenters. The van der Waals surface area contributed by atoms with E-state index >= 15 is 0 Å². The Bertz CT molecular complexity index is 857. The number of guanidine groups is 1. The number of carbonyl (C=O) groups excluding carboxylic acids is 1. The summed E-state index contributed by atoms with van der Waals surface area (Å²) in [6.07, 6.45) is 0.279. The molecule has 1 amide bonds. The van der Waals surface area contributed by atoms with E-state index in [1.165, 1.54) is 12.1 Å². The number of rotatable bonds is 9. The van der Waals surface area contributed by atoms with Crippen molar-refractivity contribution < 1.29 is 18.3 Å². The average molecular weight is 567 g/mol. The third-order valence-corrected chi connectivity index (χ3v) is 4.46. The van der Waals surface area contributed by atoms with Crippen molar-refractivity contribution >= 4 is 47.4 Å². The summed E-state index contributed by atoms with van der Waals surface area (Å²) in [5, 5.41) is 6.44. The number of benzene rings is 2. The van der Waals surface area contributed by atoms with Crippen molar-refractivity contribution in [1.82, 2.24) is 15.5 Å². The van der Waals surface area contributed by atoms with Crippen LogP contribution in [0.1, 0.15) is 17.5 Å². The van der Waals surface area contributed by atoms with Gasteiger partial charge in [0.25, 0.3) is 0 Å². The van der Waals surface area contributed by atoms with Crippen molar-refractivity contribution in [1.29, 1.82) is 0 Å². The molecule has 6 nitrogen and oxygen atoms in total. The number of hydrogen-bond donors (Lipinski definition) is 2. The van der Waals surface area contributed by atoms with Crippen molar-refractivity contribution in [3.8, 4) is 5.75 Å². The molecule has 0 bridgehead atoms. The predicted molar refractivity (Wildman–Crippen MR) is 129 cm³/mol. The van der Waals surface area contributed by atoms with Gasteiger partial charge in [-0.2, -0.15) is 8.78 Å². The fraction of sp³-hybridized carbons (Fsp3) is 0.333. The minimum absolute atomic E-state index is 0. The highest BCUT2D eigenvalue weighted by atomic mass is 127. The zero-order valence-electron chi connectivity index (χ0n) is 17.3. The molecule has 2 rings (SSSR count). The van der Waals surface area contributed by atoms with Crippen LogP contribution in [0.2, 0.25) is 5.02 Å². The van der Waals surface area contributed by atoms with Gasteiger partial charge in [-0.15, -0.1) is 24.0 Å². The normalized spacial score (nSPS) is 11.0. The molecule has 170 valence electrons. The van der Waals surface area contributed by atoms with E-state index < -0.39 is 6.61 Å². The molecule has 10 heteroatoms. The second-order valence-corrected chi connectivity index (χ2v) is 6.90. The van der Waals surface area contributed by atoms with E-state index in [9.17, 15) is 13.6 Å². The molecule has 0 aliphatic carbocycles. The molecule has 2 aromatic carbocycles. The first-order chi connectivity index (χ1) is 14.4. The molecule has 2 N–H and O–H groups in total. The molecular formula is C21H26ClF2IN4O2. The van der Waals surface area contributed by atoms with Gasteiger partial charge in [-0.1, -0.05) is 41.9 Å². The zero-order chi connectivity index (χ0) is 21.9. The van der Waals surface area contributed by atoms with E-state index in [-0.39, 0.29) is 48.6 Å². The molecule has 0 fully saturated rings. The van der Waals surface area contributed by atoms with E-state index in [1.807, 2.05) is 30.3 Å². The topological polar surface area (TPSA) is 66.0 Å². The first kappa shape index (κ1) is 26.9. The summed E-state index contributed by atoms with van der Waals surface area (Å²) in [4.78, 5) is 18.0. The lowest BCUT2D eigenvalue weighted by Crippen LogP contribution is -2.39. The maximum atomic E-state index is 12.6. The van der Waals surface area contributed by atoms with E-state index in [4.69, 9.17) is 11.6 Å². The molecule has 0 radical (unpaired) electrons. The molecule has 0 unspecified atom stereocenters. The number of nitrogens with one attached hydrogen (secondary N) is 2. The Balaban J connectivity index is 0.00000480. The van der Waals surface area contributed by atoms with Gasteiger partial charge in [0, 0.05) is 50.7 Å². The largest absolute Gasteiger partial charge is 0.434 e. The average Bonchev–Trinajstić information content (AvgIpc) is 2.72. The molecule has 0 aliphatic rings. The van der Waals surface area contributed by atoms with Gasteiger partial charge in [0.15, 0.2) is 5.96 Å². The van der Waals surface area contributed by atoms with E-state index in [0.717, 1.165) is 5.56 Å². The lowest BCUT2D eigenvalue weighted by molar-refractivity contribution is -0.130. The number of alkyl halides is 2. The molecular weight excluding hydrogens is 541 g/mol. The first-order valence-corrected chi connectivity index (χ1v) is 9.72. The minimum atomic E-state index is -2.93. The van der Waals surface area contributed by atoms with Gasteiger partial charge in [-0.25, -0.2) is 0 Å². The standard InChI is InChI=1S/C21H25ClF2N4O2.HI/c1-25-21(27-13-16-12-17(22)8-9-18(16)30-20(23)24)26-11-10-19(29)28(2)14-15-6-4-3-5-7-15;/h3-9,12,20H,10-11,13-14H2,1-2H3,(H2,25,26,27);1H. The second-order valence-electron chi connectivity index (χ2n) is 6.47. The Morgan fingerprint density at radius 2 is 1.90 bits per heavy atom. The van der Waals surface area contributed by atoms with Crippen LogP contribution in [0.4, 0.5) is 8.78 Å². The van der Waals surface area contributed by atoms with Crippen LogP contribution in [-0.4, -0.2) is 44.0 Å². The van der Waals surface area contributed by atoms with E-state index in [1.54, 1.807) is 25.1 Å². The van der Waals surface area contributed by atoms with Crippen molar-refractivity contribution in [3.05, 3.63) is 64.7 Å². The Hall–Kier alpha value is -2.14. The Morgan fingerprint density at radius 1 is 1.19 bits per heavy atom. The van der Waals surface area contributed by atoms with Gasteiger partial charge in [-0.3, -0.25) is 9.79 Å². The highest BCUT2D eigenvalue weighted by Crippen LogP contribution is 2.24. The van der Waals surface area contributed by atoms with Crippen molar-refractivity contribution in [2.24, 2.45) is 4.99 Å². The maximum Gasteiger partial charge on any atom is 0.387 e. The quantitative estimate of drug-likeness (QED) is 0.270. The monoisotopic (exact) mass is 566 g/mol. The fourth-order valence-electron chi connectivity index (χ4n) is 2.72. The van der Waals surface area contributed by atoms with Gasteiger partial charge in [0.05, 0.1) is 0 Å². The van der Waals surface area contributed by atoms with Crippen molar-refractivity contribution in [2.75, 3.05) is 20.6 Å². The summed E-state index contributed by atoms with van der Waals surface area (Å²) in [5.74, 6) is 0.454. The van der Waals surface area contributed by atoms with Crippen molar-refractivity contribution in [3.63, 3.8) is 0 Å². The van der Waals surface area contributed by atoms with Crippen LogP contribution < -0.4 is 15.4 Å². The van der Waals surface area contributed by atoms with Gasteiger partial charge in [-0.05, 0) is 23.8 Å². The number of hydrogen-bond acceptors (Lipinski definition) is 3. The molecule has 31 heavy (non-hydrogen) atoms. The van der Waals surface area contributed by atoms with Crippen LogP contribution in [0, 0.1) is 0 Å². The lowest BCUT2D eigenvalue weighted by atomic mass is 10.2. The smallest absolute Gasteiger partial charge is 0.387 e. The summed E-state index contributed by atoms with van der Waals surface area (Å²) in [6.45, 7) is -1.85. The van der Waals surface area contributed by atoms with Crippen LogP contribution in [0.3, 0.4) is 0 Å². The fourth-order valence-corrected chi connectivity index (χ4v) is 2.92. The van der Waals surface area contributed by atoms with Gasteiger partial charge >= 0.3 is 6.61 Å².